The van der Waals surface area contributed by atoms with E-state index in [1.54, 1.807) is 36.4 Å². The van der Waals surface area contributed by atoms with Crippen molar-refractivity contribution in [3.05, 3.63) is 90.4 Å². The zero-order valence-electron chi connectivity index (χ0n) is 16.8. The molecule has 7 nitrogen and oxygen atoms in total. The second-order valence-corrected chi connectivity index (χ2v) is 6.71. The molecule has 0 atom stereocenters. The van der Waals surface area contributed by atoms with Crippen LogP contribution in [0.25, 0.3) is 10.8 Å². The molecule has 3 aromatic carbocycles. The third kappa shape index (κ3) is 5.02. The summed E-state index contributed by atoms with van der Waals surface area (Å²) in [6, 6.07) is 23.8. The minimum atomic E-state index is -0.564. The van der Waals surface area contributed by atoms with Gasteiger partial charge in [-0.2, -0.15) is 0 Å². The molecule has 0 aliphatic heterocycles. The first-order chi connectivity index (χ1) is 15.1. The molecule has 0 saturated heterocycles. The lowest BCUT2D eigenvalue weighted by atomic mass is 10.1. The smallest absolute Gasteiger partial charge is 0.411 e. The highest BCUT2D eigenvalue weighted by molar-refractivity contribution is 6.02. The number of nitrogens with one attached hydrogen (secondary N) is 2. The van der Waals surface area contributed by atoms with Crippen LogP contribution in [-0.4, -0.2) is 19.1 Å². The van der Waals surface area contributed by atoms with Gasteiger partial charge in [0.15, 0.2) is 5.76 Å². The van der Waals surface area contributed by atoms with Crippen molar-refractivity contribution in [2.75, 3.05) is 17.7 Å². The maximum atomic E-state index is 12.4. The molecule has 4 rings (SSSR count). The number of rotatable bonds is 6. The molecule has 1 heterocycles. The predicted octanol–water partition coefficient (Wildman–Crippen LogP) is 5.44. The molecule has 156 valence electrons. The lowest BCUT2D eigenvalue weighted by Crippen LogP contribution is -2.12. The SMILES string of the molecule is COC(=O)Nc1ccc(NC(=O)c2ccc(COc3ccc4ccccc4c3)o2)cc1. The number of carbonyl (C=O) groups excluding carboxylic acids is 2. The Morgan fingerprint density at radius 3 is 2.29 bits per heavy atom. The normalized spacial score (nSPS) is 10.5. The summed E-state index contributed by atoms with van der Waals surface area (Å²) in [7, 11) is 1.29. The van der Waals surface area contributed by atoms with Crippen molar-refractivity contribution in [1.82, 2.24) is 0 Å². The van der Waals surface area contributed by atoms with E-state index in [0.29, 0.717) is 17.1 Å². The van der Waals surface area contributed by atoms with E-state index in [-0.39, 0.29) is 18.3 Å². The fourth-order valence-corrected chi connectivity index (χ4v) is 2.99. The molecule has 0 aliphatic rings. The molecular weight excluding hydrogens is 396 g/mol. The third-order valence-corrected chi connectivity index (χ3v) is 4.56. The van der Waals surface area contributed by atoms with Crippen LogP contribution in [0.15, 0.2) is 83.3 Å². The van der Waals surface area contributed by atoms with E-state index in [9.17, 15) is 9.59 Å². The van der Waals surface area contributed by atoms with E-state index >= 15 is 0 Å². The van der Waals surface area contributed by atoms with Gasteiger partial charge >= 0.3 is 6.09 Å². The van der Waals surface area contributed by atoms with E-state index in [0.717, 1.165) is 16.5 Å². The molecule has 4 aromatic rings. The fourth-order valence-electron chi connectivity index (χ4n) is 2.99. The molecule has 1 aromatic heterocycles. The standard InChI is InChI=1S/C24H20N2O5/c1-29-24(28)26-19-9-7-18(8-10-19)25-23(27)22-13-12-21(31-22)15-30-20-11-6-16-4-2-3-5-17(16)14-20/h2-14H,15H2,1H3,(H,25,27)(H,26,28). The lowest BCUT2D eigenvalue weighted by Gasteiger charge is -2.07. The van der Waals surface area contributed by atoms with Gasteiger partial charge in [0.1, 0.15) is 18.1 Å². The van der Waals surface area contributed by atoms with Crippen LogP contribution in [0, 0.1) is 0 Å². The lowest BCUT2D eigenvalue weighted by molar-refractivity contribution is 0.0992. The molecule has 0 fully saturated rings. The van der Waals surface area contributed by atoms with Crippen LogP contribution in [0.2, 0.25) is 0 Å². The Bertz CT molecular complexity index is 1210. The van der Waals surface area contributed by atoms with Crippen molar-refractivity contribution in [1.29, 1.82) is 0 Å². The number of methoxy groups -OCH3 is 1. The van der Waals surface area contributed by atoms with Gasteiger partial charge in [-0.1, -0.05) is 30.3 Å². The van der Waals surface area contributed by atoms with Gasteiger partial charge in [-0.05, 0) is 59.3 Å². The summed E-state index contributed by atoms with van der Waals surface area (Å²) in [5.74, 6) is 1.05. The average Bonchev–Trinajstić information content (AvgIpc) is 3.28. The third-order valence-electron chi connectivity index (χ3n) is 4.56. The van der Waals surface area contributed by atoms with Crippen molar-refractivity contribution in [3.8, 4) is 5.75 Å². The highest BCUT2D eigenvalue weighted by Gasteiger charge is 2.12. The number of amides is 2. The molecule has 0 bridgehead atoms. The number of carbonyl (C=O) groups is 2. The summed E-state index contributed by atoms with van der Waals surface area (Å²) in [5, 5.41) is 7.51. The molecule has 0 unspecified atom stereocenters. The first kappa shape index (κ1) is 20.0. The van der Waals surface area contributed by atoms with E-state index in [2.05, 4.69) is 15.4 Å². The van der Waals surface area contributed by atoms with Crippen molar-refractivity contribution >= 4 is 34.1 Å². The number of anilines is 2. The zero-order chi connectivity index (χ0) is 21.6. The van der Waals surface area contributed by atoms with Crippen LogP contribution in [0.3, 0.4) is 0 Å². The maximum absolute atomic E-state index is 12.4. The Morgan fingerprint density at radius 2 is 1.55 bits per heavy atom. The van der Waals surface area contributed by atoms with E-state index in [4.69, 9.17) is 9.15 Å². The van der Waals surface area contributed by atoms with Gasteiger partial charge in [-0.25, -0.2) is 4.79 Å². The largest absolute Gasteiger partial charge is 0.486 e. The molecule has 0 aliphatic carbocycles. The highest BCUT2D eigenvalue weighted by Crippen LogP contribution is 2.22. The van der Waals surface area contributed by atoms with Gasteiger partial charge in [0.2, 0.25) is 0 Å². The number of furan rings is 1. The number of ether oxygens (including phenoxy) is 2. The van der Waals surface area contributed by atoms with Gasteiger partial charge in [-0.15, -0.1) is 0 Å². The summed E-state index contributed by atoms with van der Waals surface area (Å²) in [6.45, 7) is 0.208. The van der Waals surface area contributed by atoms with Gasteiger partial charge in [0.25, 0.3) is 5.91 Å². The van der Waals surface area contributed by atoms with Crippen LogP contribution >= 0.6 is 0 Å². The summed E-state index contributed by atoms with van der Waals surface area (Å²) >= 11 is 0. The van der Waals surface area contributed by atoms with E-state index in [1.165, 1.54) is 7.11 Å². The number of hydrogen-bond donors (Lipinski definition) is 2. The molecule has 7 heteroatoms. The number of benzene rings is 3. The maximum Gasteiger partial charge on any atom is 0.411 e. The predicted molar refractivity (Wildman–Crippen MR) is 117 cm³/mol. The number of hydrogen-bond acceptors (Lipinski definition) is 5. The van der Waals surface area contributed by atoms with E-state index < -0.39 is 6.09 Å². The van der Waals surface area contributed by atoms with Gasteiger partial charge in [0.05, 0.1) is 7.11 Å². The minimum Gasteiger partial charge on any atom is -0.486 e. The van der Waals surface area contributed by atoms with Crippen molar-refractivity contribution in [2.45, 2.75) is 6.61 Å². The summed E-state index contributed by atoms with van der Waals surface area (Å²) < 4.78 is 15.9. The first-order valence-electron chi connectivity index (χ1n) is 9.57. The number of fused-ring (bicyclic) bond motifs is 1. The fraction of sp³-hybridized carbons (Fsp3) is 0.0833. The van der Waals surface area contributed by atoms with Crippen molar-refractivity contribution in [3.63, 3.8) is 0 Å². The van der Waals surface area contributed by atoms with Gasteiger partial charge in [-0.3, -0.25) is 10.1 Å². The second-order valence-electron chi connectivity index (χ2n) is 6.71. The second kappa shape index (κ2) is 9.04. The van der Waals surface area contributed by atoms with Crippen LogP contribution in [-0.2, 0) is 11.3 Å². The van der Waals surface area contributed by atoms with Gasteiger partial charge in [0, 0.05) is 11.4 Å². The Balaban J connectivity index is 1.34. The van der Waals surface area contributed by atoms with E-state index in [1.807, 2.05) is 42.5 Å². The highest BCUT2D eigenvalue weighted by atomic mass is 16.5. The Kier molecular flexibility index (Phi) is 5.84. The molecular formula is C24H20N2O5. The van der Waals surface area contributed by atoms with Crippen LogP contribution < -0.4 is 15.4 Å². The monoisotopic (exact) mass is 416 g/mol. The first-order valence-corrected chi connectivity index (χ1v) is 9.57. The molecule has 0 saturated carbocycles. The topological polar surface area (TPSA) is 89.8 Å². The molecule has 31 heavy (non-hydrogen) atoms. The molecule has 0 radical (unpaired) electrons. The Morgan fingerprint density at radius 1 is 0.839 bits per heavy atom. The Hall–Kier alpha value is -4.26. The van der Waals surface area contributed by atoms with Crippen LogP contribution in [0.4, 0.5) is 16.2 Å². The summed E-state index contributed by atoms with van der Waals surface area (Å²) in [4.78, 5) is 23.6. The molecule has 0 spiro atoms. The quantitative estimate of drug-likeness (QED) is 0.437. The van der Waals surface area contributed by atoms with Crippen LogP contribution in [0.5, 0.6) is 5.75 Å². The van der Waals surface area contributed by atoms with Crippen molar-refractivity contribution in [2.24, 2.45) is 0 Å². The molecule has 2 N–H and O–H groups in total. The molecule has 2 amide bonds. The average molecular weight is 416 g/mol. The minimum absolute atomic E-state index is 0.175. The van der Waals surface area contributed by atoms with Gasteiger partial charge < -0.3 is 19.2 Å². The zero-order valence-corrected chi connectivity index (χ0v) is 16.8. The summed E-state index contributed by atoms with van der Waals surface area (Å²) in [6.07, 6.45) is -0.564. The van der Waals surface area contributed by atoms with Crippen molar-refractivity contribution < 1.29 is 23.5 Å². The summed E-state index contributed by atoms with van der Waals surface area (Å²) in [5.41, 5.74) is 1.11. The Labute approximate surface area is 178 Å². The van der Waals surface area contributed by atoms with Crippen LogP contribution in [0.1, 0.15) is 16.3 Å².